The van der Waals surface area contributed by atoms with E-state index >= 15 is 0 Å². The topological polar surface area (TPSA) is 68.8 Å². The largest absolute Gasteiger partial charge is 0.337 e. The molecule has 0 aliphatic carbocycles. The van der Waals surface area contributed by atoms with E-state index in [4.69, 9.17) is 4.52 Å². The van der Waals surface area contributed by atoms with Crippen molar-refractivity contribution in [2.75, 3.05) is 13.1 Å². The van der Waals surface area contributed by atoms with Crippen LogP contribution in [0, 0.1) is 5.82 Å². The van der Waals surface area contributed by atoms with Crippen molar-refractivity contribution in [2.45, 2.75) is 19.3 Å². The van der Waals surface area contributed by atoms with E-state index in [-0.39, 0.29) is 11.7 Å². The van der Waals surface area contributed by atoms with E-state index in [0.29, 0.717) is 17.4 Å². The van der Waals surface area contributed by atoms with Crippen molar-refractivity contribution < 1.29 is 8.91 Å². The number of nitrogens with one attached hydrogen (secondary N) is 1. The van der Waals surface area contributed by atoms with E-state index < -0.39 is 0 Å². The van der Waals surface area contributed by atoms with Crippen molar-refractivity contribution in [3.8, 4) is 5.95 Å². The monoisotopic (exact) mass is 287 g/mol. The molecule has 6 nitrogen and oxygen atoms in total. The van der Waals surface area contributed by atoms with Crippen molar-refractivity contribution in [1.82, 2.24) is 25.2 Å². The van der Waals surface area contributed by atoms with Crippen LogP contribution in [0.1, 0.15) is 24.4 Å². The van der Waals surface area contributed by atoms with Crippen LogP contribution in [0.4, 0.5) is 4.39 Å². The fourth-order valence-electron chi connectivity index (χ4n) is 2.51. The van der Waals surface area contributed by atoms with Gasteiger partial charge in [0, 0.05) is 24.5 Å². The number of aryl methyl sites for hydroxylation is 1. The number of halogens is 1. The van der Waals surface area contributed by atoms with E-state index in [2.05, 4.69) is 20.6 Å². The molecular weight excluding hydrogens is 273 g/mol. The molecular formula is C14H14FN5O. The van der Waals surface area contributed by atoms with Crippen LogP contribution < -0.4 is 5.32 Å². The van der Waals surface area contributed by atoms with Crippen LogP contribution in [-0.2, 0) is 6.42 Å². The quantitative estimate of drug-likeness (QED) is 0.795. The van der Waals surface area contributed by atoms with Gasteiger partial charge in [-0.2, -0.15) is 14.8 Å². The standard InChI is InChI=1S/C14H14FN5O/c1-2-11-10-4-3-9(15)5-12(10)20(18-11)14-17-13(21-19-14)8-6-16-7-8/h3-5,8,16H,2,6-7H2,1H3. The highest BCUT2D eigenvalue weighted by Gasteiger charge is 2.26. The summed E-state index contributed by atoms with van der Waals surface area (Å²) >= 11 is 0. The first-order valence-electron chi connectivity index (χ1n) is 6.98. The summed E-state index contributed by atoms with van der Waals surface area (Å²) in [5.41, 5.74) is 1.55. The van der Waals surface area contributed by atoms with Gasteiger partial charge in [-0.15, -0.1) is 0 Å². The van der Waals surface area contributed by atoms with Crippen LogP contribution in [0.3, 0.4) is 0 Å². The lowest BCUT2D eigenvalue weighted by Crippen LogP contribution is -2.40. The predicted octanol–water partition coefficient (Wildman–Crippen LogP) is 1.80. The minimum Gasteiger partial charge on any atom is -0.337 e. The number of nitrogens with zero attached hydrogens (tertiary/aromatic N) is 4. The molecule has 0 radical (unpaired) electrons. The molecule has 1 saturated heterocycles. The Hall–Kier alpha value is -2.28. The predicted molar refractivity (Wildman–Crippen MR) is 73.9 cm³/mol. The number of hydrogen-bond donors (Lipinski definition) is 1. The van der Waals surface area contributed by atoms with Gasteiger partial charge in [-0.1, -0.05) is 6.92 Å². The first-order valence-corrected chi connectivity index (χ1v) is 6.98. The summed E-state index contributed by atoms with van der Waals surface area (Å²) in [5.74, 6) is 0.905. The molecule has 3 heterocycles. The van der Waals surface area contributed by atoms with Gasteiger partial charge in [0.2, 0.25) is 5.89 Å². The van der Waals surface area contributed by atoms with Crippen LogP contribution >= 0.6 is 0 Å². The first-order chi connectivity index (χ1) is 10.3. The maximum atomic E-state index is 13.5. The lowest BCUT2D eigenvalue weighted by molar-refractivity contribution is 0.307. The minimum absolute atomic E-state index is 0.260. The SMILES string of the molecule is CCc1nn(-c2noc(C3CNC3)n2)c2cc(F)ccc12. The summed E-state index contributed by atoms with van der Waals surface area (Å²) in [6, 6.07) is 4.63. The minimum atomic E-state index is -0.307. The third kappa shape index (κ3) is 1.92. The number of hydrogen-bond acceptors (Lipinski definition) is 5. The third-order valence-corrected chi connectivity index (χ3v) is 3.81. The highest BCUT2D eigenvalue weighted by Crippen LogP contribution is 2.24. The van der Waals surface area contributed by atoms with Gasteiger partial charge in [0.1, 0.15) is 5.82 Å². The van der Waals surface area contributed by atoms with E-state index in [1.807, 2.05) is 6.92 Å². The smallest absolute Gasteiger partial charge is 0.291 e. The van der Waals surface area contributed by atoms with Gasteiger partial charge in [0.25, 0.3) is 5.95 Å². The summed E-state index contributed by atoms with van der Waals surface area (Å²) in [6.07, 6.45) is 0.756. The average Bonchev–Trinajstić information content (AvgIpc) is 3.00. The summed E-state index contributed by atoms with van der Waals surface area (Å²) in [5, 5.41) is 12.5. The Labute approximate surface area is 119 Å². The second-order valence-electron chi connectivity index (χ2n) is 5.16. The zero-order valence-corrected chi connectivity index (χ0v) is 11.5. The normalized spacial score (nSPS) is 15.5. The molecule has 1 N–H and O–H groups in total. The van der Waals surface area contributed by atoms with Gasteiger partial charge in [-0.25, -0.2) is 4.39 Å². The van der Waals surface area contributed by atoms with Gasteiger partial charge >= 0.3 is 0 Å². The second-order valence-corrected chi connectivity index (χ2v) is 5.16. The highest BCUT2D eigenvalue weighted by atomic mass is 19.1. The van der Waals surface area contributed by atoms with Crippen LogP contribution in [0.25, 0.3) is 16.9 Å². The fourth-order valence-corrected chi connectivity index (χ4v) is 2.51. The molecule has 0 atom stereocenters. The van der Waals surface area contributed by atoms with Gasteiger partial charge in [-0.05, 0) is 23.7 Å². The lowest BCUT2D eigenvalue weighted by Gasteiger charge is -2.22. The van der Waals surface area contributed by atoms with Gasteiger partial charge < -0.3 is 9.84 Å². The Balaban J connectivity index is 1.85. The van der Waals surface area contributed by atoms with Crippen molar-refractivity contribution in [1.29, 1.82) is 0 Å². The number of benzene rings is 1. The van der Waals surface area contributed by atoms with E-state index in [9.17, 15) is 4.39 Å². The molecule has 0 spiro atoms. The van der Waals surface area contributed by atoms with Crippen molar-refractivity contribution in [2.24, 2.45) is 0 Å². The maximum absolute atomic E-state index is 13.5. The Morgan fingerprint density at radius 2 is 2.29 bits per heavy atom. The molecule has 0 unspecified atom stereocenters. The van der Waals surface area contributed by atoms with Crippen LogP contribution in [0.2, 0.25) is 0 Å². The maximum Gasteiger partial charge on any atom is 0.291 e. The molecule has 1 fully saturated rings. The van der Waals surface area contributed by atoms with E-state index in [1.165, 1.54) is 12.1 Å². The van der Waals surface area contributed by atoms with Crippen LogP contribution in [-0.4, -0.2) is 33.0 Å². The van der Waals surface area contributed by atoms with Gasteiger partial charge in [-0.3, -0.25) is 0 Å². The first kappa shape index (κ1) is 12.5. The molecule has 108 valence electrons. The zero-order chi connectivity index (χ0) is 14.4. The Morgan fingerprint density at radius 3 is 3.00 bits per heavy atom. The average molecular weight is 287 g/mol. The van der Waals surface area contributed by atoms with Crippen LogP contribution in [0.5, 0.6) is 0 Å². The highest BCUT2D eigenvalue weighted by molar-refractivity contribution is 5.83. The molecule has 0 saturated carbocycles. The summed E-state index contributed by atoms with van der Waals surface area (Å²) in [6.45, 7) is 3.70. The molecule has 2 aromatic heterocycles. The molecule has 7 heteroatoms. The van der Waals surface area contributed by atoms with E-state index in [1.54, 1.807) is 10.7 Å². The summed E-state index contributed by atoms with van der Waals surface area (Å²) < 4.78 is 20.4. The molecule has 0 amide bonds. The Bertz CT molecular complexity index is 805. The van der Waals surface area contributed by atoms with Crippen molar-refractivity contribution >= 4 is 10.9 Å². The molecule has 3 aromatic rings. The Kier molecular flexibility index (Phi) is 2.75. The fraction of sp³-hybridized carbons (Fsp3) is 0.357. The summed E-state index contributed by atoms with van der Waals surface area (Å²) in [4.78, 5) is 4.39. The Morgan fingerprint density at radius 1 is 1.43 bits per heavy atom. The lowest BCUT2D eigenvalue weighted by atomic mass is 10.0. The number of aromatic nitrogens is 4. The van der Waals surface area contributed by atoms with E-state index in [0.717, 1.165) is 30.6 Å². The molecule has 1 aromatic carbocycles. The van der Waals surface area contributed by atoms with Crippen molar-refractivity contribution in [3.05, 3.63) is 35.6 Å². The molecule has 0 bridgehead atoms. The molecule has 1 aliphatic rings. The number of rotatable bonds is 3. The molecule has 4 rings (SSSR count). The molecule has 1 aliphatic heterocycles. The molecule has 21 heavy (non-hydrogen) atoms. The zero-order valence-electron chi connectivity index (χ0n) is 11.5. The number of fused-ring (bicyclic) bond motifs is 1. The summed E-state index contributed by atoms with van der Waals surface area (Å²) in [7, 11) is 0. The van der Waals surface area contributed by atoms with Crippen LogP contribution in [0.15, 0.2) is 22.7 Å². The second kappa shape index (κ2) is 4.63. The van der Waals surface area contributed by atoms with Gasteiger partial charge in [0.15, 0.2) is 0 Å². The van der Waals surface area contributed by atoms with Gasteiger partial charge in [0.05, 0.1) is 17.1 Å². The third-order valence-electron chi connectivity index (χ3n) is 3.81. The van der Waals surface area contributed by atoms with Crippen molar-refractivity contribution in [3.63, 3.8) is 0 Å².